The minimum absolute atomic E-state index is 0.0567. The van der Waals surface area contributed by atoms with Gasteiger partial charge in [0, 0.05) is 5.56 Å². The van der Waals surface area contributed by atoms with Crippen molar-refractivity contribution in [1.82, 2.24) is 5.32 Å². The van der Waals surface area contributed by atoms with Crippen LogP contribution in [0.15, 0.2) is 22.7 Å². The van der Waals surface area contributed by atoms with Crippen LogP contribution in [0.25, 0.3) is 6.08 Å². The lowest BCUT2D eigenvalue weighted by Crippen LogP contribution is -2.37. The summed E-state index contributed by atoms with van der Waals surface area (Å²) < 4.78 is 25.3. The average Bonchev–Trinajstić information content (AvgIpc) is 2.49. The molecule has 0 aromatic heterocycles. The van der Waals surface area contributed by atoms with Crippen molar-refractivity contribution in [2.24, 2.45) is 4.99 Å². The Hall–Kier alpha value is -2.37. The molecule has 0 atom stereocenters. The predicted octanol–water partition coefficient (Wildman–Crippen LogP) is 2.27. The van der Waals surface area contributed by atoms with Crippen LogP contribution >= 0.6 is 0 Å². The molecule has 3 rings (SSSR count). The first kappa shape index (κ1) is 13.6. The maximum atomic E-state index is 14.4. The number of nitrogens with zero attached hydrogens (tertiary/aromatic N) is 1. The highest BCUT2D eigenvalue weighted by molar-refractivity contribution is 6.24. The zero-order valence-corrected chi connectivity index (χ0v) is 11.6. The van der Waals surface area contributed by atoms with Crippen molar-refractivity contribution in [2.45, 2.75) is 19.8 Å². The molecule has 0 radical (unpaired) electrons. The van der Waals surface area contributed by atoms with Crippen LogP contribution < -0.4 is 14.8 Å². The van der Waals surface area contributed by atoms with Crippen LogP contribution in [0.3, 0.4) is 0 Å². The summed E-state index contributed by atoms with van der Waals surface area (Å²) in [5.41, 5.74) is 0.814. The summed E-state index contributed by atoms with van der Waals surface area (Å²) in [6.45, 7) is 2.63. The van der Waals surface area contributed by atoms with Gasteiger partial charge in [-0.25, -0.2) is 4.99 Å². The number of hydrogen-bond donors (Lipinski definition) is 1. The maximum absolute atomic E-state index is 14.4. The number of fused-ring (bicyclic) bond motifs is 2. The molecule has 1 N–H and O–H groups in total. The monoisotopic (exact) mass is 290 g/mol. The molecule has 5 nitrogen and oxygen atoms in total. The maximum Gasteiger partial charge on any atom is 0.258 e. The smallest absolute Gasteiger partial charge is 0.258 e. The Morgan fingerprint density at radius 2 is 2.33 bits per heavy atom. The predicted molar refractivity (Wildman–Crippen MR) is 75.9 cm³/mol. The van der Waals surface area contributed by atoms with E-state index in [0.717, 1.165) is 12.8 Å². The minimum atomic E-state index is -0.562. The fourth-order valence-electron chi connectivity index (χ4n) is 2.14. The summed E-state index contributed by atoms with van der Waals surface area (Å²) in [5, 5.41) is 2.58. The average molecular weight is 290 g/mol. The van der Waals surface area contributed by atoms with E-state index in [1.807, 2.05) is 6.92 Å². The highest BCUT2D eigenvalue weighted by atomic mass is 19.1. The van der Waals surface area contributed by atoms with Crippen LogP contribution in [0.5, 0.6) is 11.5 Å². The molecule has 6 heteroatoms. The molecule has 0 spiro atoms. The van der Waals surface area contributed by atoms with Gasteiger partial charge in [-0.2, -0.15) is 4.39 Å². The molecule has 2 aliphatic heterocycles. The number of hydrogen-bond acceptors (Lipinski definition) is 4. The molecule has 0 fully saturated rings. The normalized spacial score (nSPS) is 16.0. The third-order valence-electron chi connectivity index (χ3n) is 3.28. The van der Waals surface area contributed by atoms with Gasteiger partial charge in [0.2, 0.25) is 11.7 Å². The molecule has 0 saturated heterocycles. The van der Waals surface area contributed by atoms with Crippen LogP contribution in [0.1, 0.15) is 25.3 Å². The fraction of sp³-hybridized carbons (Fsp3) is 0.333. The summed E-state index contributed by atoms with van der Waals surface area (Å²) in [6.07, 6.45) is 3.40. The van der Waals surface area contributed by atoms with Crippen LogP contribution in [0.2, 0.25) is 0 Å². The van der Waals surface area contributed by atoms with Gasteiger partial charge in [0.25, 0.3) is 5.91 Å². The third kappa shape index (κ3) is 2.49. The number of amides is 1. The van der Waals surface area contributed by atoms with Crippen molar-refractivity contribution in [3.63, 3.8) is 0 Å². The van der Waals surface area contributed by atoms with E-state index in [1.165, 1.54) is 0 Å². The van der Waals surface area contributed by atoms with Crippen LogP contribution in [0, 0.1) is 5.82 Å². The SMILES string of the molecule is CCCCOc1ccc2c(c1F)OC1=NCNC(=O)C1=C2. The molecule has 1 aromatic carbocycles. The van der Waals surface area contributed by atoms with E-state index in [1.54, 1.807) is 18.2 Å². The van der Waals surface area contributed by atoms with Crippen LogP contribution in [-0.2, 0) is 4.79 Å². The summed E-state index contributed by atoms with van der Waals surface area (Å²) in [7, 11) is 0. The summed E-state index contributed by atoms with van der Waals surface area (Å²) in [6, 6.07) is 3.22. The molecule has 0 aliphatic carbocycles. The first-order chi connectivity index (χ1) is 10.2. The van der Waals surface area contributed by atoms with Gasteiger partial charge in [-0.05, 0) is 24.6 Å². The number of nitrogens with one attached hydrogen (secondary N) is 1. The second-order valence-corrected chi connectivity index (χ2v) is 4.79. The molecular weight excluding hydrogens is 275 g/mol. The Kier molecular flexibility index (Phi) is 3.60. The van der Waals surface area contributed by atoms with E-state index < -0.39 is 5.82 Å². The molecule has 110 valence electrons. The Morgan fingerprint density at radius 3 is 3.14 bits per heavy atom. The lowest BCUT2D eigenvalue weighted by Gasteiger charge is -2.22. The second kappa shape index (κ2) is 5.55. The summed E-state index contributed by atoms with van der Waals surface area (Å²) in [5.74, 6) is -0.473. The number of carbonyl (C=O) groups excluding carboxylic acids is 1. The molecule has 1 amide bonds. The van der Waals surface area contributed by atoms with E-state index in [2.05, 4.69) is 10.3 Å². The number of rotatable bonds is 4. The van der Waals surface area contributed by atoms with Crippen molar-refractivity contribution < 1.29 is 18.7 Å². The van der Waals surface area contributed by atoms with Crippen molar-refractivity contribution >= 4 is 17.9 Å². The zero-order valence-electron chi connectivity index (χ0n) is 11.6. The first-order valence-electron chi connectivity index (χ1n) is 6.88. The van der Waals surface area contributed by atoms with Crippen molar-refractivity contribution in [1.29, 1.82) is 0 Å². The molecule has 1 aromatic rings. The van der Waals surface area contributed by atoms with Crippen molar-refractivity contribution in [3.8, 4) is 11.5 Å². The highest BCUT2D eigenvalue weighted by Gasteiger charge is 2.29. The Morgan fingerprint density at radius 1 is 1.48 bits per heavy atom. The van der Waals surface area contributed by atoms with E-state index in [4.69, 9.17) is 9.47 Å². The molecule has 21 heavy (non-hydrogen) atoms. The highest BCUT2D eigenvalue weighted by Crippen LogP contribution is 2.36. The number of aliphatic imine (C=N–C) groups is 1. The first-order valence-corrected chi connectivity index (χ1v) is 6.88. The number of halogens is 1. The van der Waals surface area contributed by atoms with Gasteiger partial charge in [0.1, 0.15) is 12.2 Å². The number of ether oxygens (including phenoxy) is 2. The lowest BCUT2D eigenvalue weighted by atomic mass is 10.0. The molecule has 0 unspecified atom stereocenters. The molecule has 0 bridgehead atoms. The fourth-order valence-corrected chi connectivity index (χ4v) is 2.14. The lowest BCUT2D eigenvalue weighted by molar-refractivity contribution is -0.117. The Bertz CT molecular complexity index is 653. The standard InChI is InChI=1S/C15H15FN2O3/c1-2-3-6-20-11-5-4-9-7-10-14(19)17-8-18-15(10)21-13(9)12(11)16/h4-5,7H,2-3,6,8H2,1H3,(H,17,19). The third-order valence-corrected chi connectivity index (χ3v) is 3.28. The van der Waals surface area contributed by atoms with E-state index in [-0.39, 0.29) is 30.0 Å². The van der Waals surface area contributed by atoms with E-state index >= 15 is 0 Å². The van der Waals surface area contributed by atoms with E-state index in [0.29, 0.717) is 17.7 Å². The van der Waals surface area contributed by atoms with Gasteiger partial charge >= 0.3 is 0 Å². The van der Waals surface area contributed by atoms with E-state index in [9.17, 15) is 9.18 Å². The van der Waals surface area contributed by atoms with Crippen molar-refractivity contribution in [2.75, 3.05) is 13.3 Å². The zero-order chi connectivity index (χ0) is 14.8. The van der Waals surface area contributed by atoms with Crippen LogP contribution in [-0.4, -0.2) is 25.1 Å². The molecule has 0 saturated carbocycles. The second-order valence-electron chi connectivity index (χ2n) is 4.79. The van der Waals surface area contributed by atoms with Gasteiger partial charge in [-0.1, -0.05) is 13.3 Å². The van der Waals surface area contributed by atoms with Gasteiger partial charge in [-0.3, -0.25) is 4.79 Å². The largest absolute Gasteiger partial charge is 0.490 e. The Balaban J connectivity index is 1.94. The minimum Gasteiger partial charge on any atom is -0.490 e. The van der Waals surface area contributed by atoms with Crippen LogP contribution in [0.4, 0.5) is 4.39 Å². The molecular formula is C15H15FN2O3. The molecule has 2 heterocycles. The quantitative estimate of drug-likeness (QED) is 0.865. The number of benzene rings is 1. The summed E-state index contributed by atoms with van der Waals surface area (Å²) in [4.78, 5) is 15.7. The van der Waals surface area contributed by atoms with Gasteiger partial charge in [0.15, 0.2) is 11.5 Å². The van der Waals surface area contributed by atoms with Gasteiger partial charge in [-0.15, -0.1) is 0 Å². The molecule has 2 aliphatic rings. The number of carbonyl (C=O) groups is 1. The Labute approximate surface area is 121 Å². The summed E-state index contributed by atoms with van der Waals surface area (Å²) >= 11 is 0. The number of unbranched alkanes of at least 4 members (excludes halogenated alkanes) is 1. The van der Waals surface area contributed by atoms with Crippen molar-refractivity contribution in [3.05, 3.63) is 29.1 Å². The van der Waals surface area contributed by atoms with Gasteiger partial charge < -0.3 is 14.8 Å². The van der Waals surface area contributed by atoms with Gasteiger partial charge in [0.05, 0.1) is 6.61 Å². The topological polar surface area (TPSA) is 59.9 Å².